The van der Waals surface area contributed by atoms with Crippen LogP contribution in [0.15, 0.2) is 21.3 Å². The number of unbranched alkanes of at least 4 members (excludes halogenated alkanes) is 2. The lowest BCUT2D eigenvalue weighted by Crippen LogP contribution is -2.36. The summed E-state index contributed by atoms with van der Waals surface area (Å²) in [4.78, 5) is 13.7. The number of nitrogens with zero attached hydrogens (tertiary/aromatic N) is 1. The van der Waals surface area contributed by atoms with Gasteiger partial charge in [0, 0.05) is 31.6 Å². The van der Waals surface area contributed by atoms with Gasteiger partial charge >= 0.3 is 0 Å². The summed E-state index contributed by atoms with van der Waals surface area (Å²) in [5.41, 5.74) is 0.0363. The van der Waals surface area contributed by atoms with E-state index in [1.807, 2.05) is 0 Å². The molecule has 0 bridgehead atoms. The van der Waals surface area contributed by atoms with Crippen molar-refractivity contribution in [2.75, 3.05) is 31.2 Å². The van der Waals surface area contributed by atoms with E-state index >= 15 is 0 Å². The monoisotopic (exact) mass is 251 g/mol. The van der Waals surface area contributed by atoms with Gasteiger partial charge in [0.15, 0.2) is 11.3 Å². The van der Waals surface area contributed by atoms with E-state index in [9.17, 15) is 4.79 Å². The van der Waals surface area contributed by atoms with E-state index in [4.69, 9.17) is 9.15 Å². The van der Waals surface area contributed by atoms with E-state index < -0.39 is 0 Å². The number of morpholine rings is 1. The smallest absolute Gasteiger partial charge is 0.199 e. The molecule has 0 saturated carbocycles. The second-order valence-corrected chi connectivity index (χ2v) is 4.65. The van der Waals surface area contributed by atoms with Crippen LogP contribution in [0.5, 0.6) is 0 Å². The molecule has 18 heavy (non-hydrogen) atoms. The summed E-state index contributed by atoms with van der Waals surface area (Å²) in [7, 11) is 0. The largest absolute Gasteiger partial charge is 0.445 e. The van der Waals surface area contributed by atoms with Crippen LogP contribution in [0.4, 0.5) is 5.88 Å². The lowest BCUT2D eigenvalue weighted by atomic mass is 10.1. The predicted molar refractivity (Wildman–Crippen MR) is 71.2 cm³/mol. The Kier molecular flexibility index (Phi) is 4.81. The van der Waals surface area contributed by atoms with Crippen molar-refractivity contribution in [3.63, 3.8) is 0 Å². The van der Waals surface area contributed by atoms with Crippen LogP contribution in [0, 0.1) is 0 Å². The maximum atomic E-state index is 11.7. The molecule has 0 radical (unpaired) electrons. The fourth-order valence-electron chi connectivity index (χ4n) is 2.13. The summed E-state index contributed by atoms with van der Waals surface area (Å²) in [5, 5.41) is 0. The highest BCUT2D eigenvalue weighted by Crippen LogP contribution is 2.16. The summed E-state index contributed by atoms with van der Waals surface area (Å²) in [6.45, 7) is 5.15. The molecule has 0 atom stereocenters. The quantitative estimate of drug-likeness (QED) is 0.752. The molecule has 2 rings (SSSR count). The second kappa shape index (κ2) is 6.59. The van der Waals surface area contributed by atoms with Gasteiger partial charge in [0.2, 0.25) is 0 Å². The van der Waals surface area contributed by atoms with E-state index in [-0.39, 0.29) is 5.43 Å². The lowest BCUT2D eigenvalue weighted by molar-refractivity contribution is 0.120. The average molecular weight is 251 g/mol. The predicted octanol–water partition coefficient (Wildman–Crippen LogP) is 2.21. The van der Waals surface area contributed by atoms with Crippen molar-refractivity contribution in [3.8, 4) is 0 Å². The average Bonchev–Trinajstić information content (AvgIpc) is 2.39. The van der Waals surface area contributed by atoms with E-state index in [0.717, 1.165) is 31.7 Å². The van der Waals surface area contributed by atoms with Gasteiger partial charge in [-0.3, -0.25) is 4.79 Å². The van der Waals surface area contributed by atoms with E-state index in [1.54, 1.807) is 12.1 Å². The molecule has 0 aliphatic carbocycles. The lowest BCUT2D eigenvalue weighted by Gasteiger charge is -2.27. The molecule has 100 valence electrons. The van der Waals surface area contributed by atoms with Crippen LogP contribution >= 0.6 is 0 Å². The van der Waals surface area contributed by atoms with Crippen molar-refractivity contribution < 1.29 is 9.15 Å². The summed E-state index contributed by atoms with van der Waals surface area (Å²) >= 11 is 0. The van der Waals surface area contributed by atoms with Crippen LogP contribution in [0.1, 0.15) is 31.9 Å². The topological polar surface area (TPSA) is 42.7 Å². The van der Waals surface area contributed by atoms with Crippen LogP contribution in [-0.4, -0.2) is 26.3 Å². The standard InChI is InChI=1S/C14H21NO3/c1-2-3-4-5-13-10-12(16)11-14(18-13)15-6-8-17-9-7-15/h10-11H,2-9H2,1H3. The number of hydrogen-bond donors (Lipinski definition) is 0. The summed E-state index contributed by atoms with van der Waals surface area (Å²) in [6, 6.07) is 3.19. The normalized spacial score (nSPS) is 15.9. The Morgan fingerprint density at radius 1 is 1.22 bits per heavy atom. The van der Waals surface area contributed by atoms with Gasteiger partial charge in [0.25, 0.3) is 0 Å². The van der Waals surface area contributed by atoms with E-state index in [1.165, 1.54) is 12.8 Å². The first-order valence-electron chi connectivity index (χ1n) is 6.76. The first kappa shape index (κ1) is 13.1. The number of hydrogen-bond acceptors (Lipinski definition) is 4. The minimum atomic E-state index is 0.0363. The molecule has 1 aromatic heterocycles. The Balaban J connectivity index is 2.07. The van der Waals surface area contributed by atoms with Gasteiger partial charge in [0.1, 0.15) is 5.76 Å². The third kappa shape index (κ3) is 3.60. The Hall–Kier alpha value is -1.29. The zero-order valence-corrected chi connectivity index (χ0v) is 11.0. The Morgan fingerprint density at radius 3 is 2.72 bits per heavy atom. The Morgan fingerprint density at radius 2 is 2.00 bits per heavy atom. The summed E-state index contributed by atoms with van der Waals surface area (Å²) in [5.74, 6) is 1.50. The second-order valence-electron chi connectivity index (χ2n) is 4.65. The SMILES string of the molecule is CCCCCc1cc(=O)cc(N2CCOCC2)o1. The molecule has 4 nitrogen and oxygen atoms in total. The van der Waals surface area contributed by atoms with Gasteiger partial charge in [-0.2, -0.15) is 0 Å². The minimum Gasteiger partial charge on any atom is -0.445 e. The van der Waals surface area contributed by atoms with Crippen LogP contribution in [0.2, 0.25) is 0 Å². The van der Waals surface area contributed by atoms with Gasteiger partial charge in [-0.05, 0) is 6.42 Å². The zero-order chi connectivity index (χ0) is 12.8. The van der Waals surface area contributed by atoms with Crippen LogP contribution in [-0.2, 0) is 11.2 Å². The van der Waals surface area contributed by atoms with Gasteiger partial charge in [-0.1, -0.05) is 19.8 Å². The van der Waals surface area contributed by atoms with Crippen molar-refractivity contribution >= 4 is 5.88 Å². The molecule has 1 fully saturated rings. The minimum absolute atomic E-state index is 0.0363. The van der Waals surface area contributed by atoms with Gasteiger partial charge in [-0.15, -0.1) is 0 Å². The summed E-state index contributed by atoms with van der Waals surface area (Å²) in [6.07, 6.45) is 4.27. The van der Waals surface area contributed by atoms with Crippen molar-refractivity contribution in [1.82, 2.24) is 0 Å². The molecular weight excluding hydrogens is 230 g/mol. The van der Waals surface area contributed by atoms with Gasteiger partial charge in [-0.25, -0.2) is 0 Å². The number of rotatable bonds is 5. The number of aryl methyl sites for hydroxylation is 1. The maximum Gasteiger partial charge on any atom is 0.199 e. The number of ether oxygens (including phenoxy) is 1. The molecule has 4 heteroatoms. The maximum absolute atomic E-state index is 11.7. The van der Waals surface area contributed by atoms with Crippen molar-refractivity contribution in [3.05, 3.63) is 28.1 Å². The van der Waals surface area contributed by atoms with Crippen LogP contribution in [0.3, 0.4) is 0 Å². The zero-order valence-electron chi connectivity index (χ0n) is 11.0. The fourth-order valence-corrected chi connectivity index (χ4v) is 2.13. The molecule has 0 aromatic carbocycles. The molecule has 1 aliphatic rings. The van der Waals surface area contributed by atoms with E-state index in [0.29, 0.717) is 19.1 Å². The summed E-state index contributed by atoms with van der Waals surface area (Å²) < 4.78 is 11.1. The molecular formula is C14H21NO3. The molecule has 1 aliphatic heterocycles. The molecule has 1 aromatic rings. The third-order valence-corrected chi connectivity index (χ3v) is 3.15. The van der Waals surface area contributed by atoms with Gasteiger partial charge < -0.3 is 14.1 Å². The third-order valence-electron chi connectivity index (χ3n) is 3.15. The van der Waals surface area contributed by atoms with Gasteiger partial charge in [0.05, 0.1) is 13.2 Å². The molecule has 0 spiro atoms. The highest BCUT2D eigenvalue weighted by molar-refractivity contribution is 5.35. The van der Waals surface area contributed by atoms with Crippen molar-refractivity contribution in [2.45, 2.75) is 32.6 Å². The fraction of sp³-hybridized carbons (Fsp3) is 0.643. The molecule has 0 amide bonds. The Bertz CT molecular complexity index is 421. The Labute approximate surface area is 108 Å². The van der Waals surface area contributed by atoms with Crippen molar-refractivity contribution in [1.29, 1.82) is 0 Å². The first-order chi connectivity index (χ1) is 8.79. The highest BCUT2D eigenvalue weighted by Gasteiger charge is 2.14. The molecule has 2 heterocycles. The van der Waals surface area contributed by atoms with Crippen LogP contribution in [0.25, 0.3) is 0 Å². The van der Waals surface area contributed by atoms with Crippen molar-refractivity contribution in [2.24, 2.45) is 0 Å². The highest BCUT2D eigenvalue weighted by atomic mass is 16.5. The molecule has 0 unspecified atom stereocenters. The van der Waals surface area contributed by atoms with E-state index in [2.05, 4.69) is 11.8 Å². The van der Waals surface area contributed by atoms with Crippen LogP contribution < -0.4 is 10.3 Å². The first-order valence-corrected chi connectivity index (χ1v) is 6.76. The molecule has 0 N–H and O–H groups in total. The number of anilines is 1. The molecule has 1 saturated heterocycles.